The van der Waals surface area contributed by atoms with Gasteiger partial charge >= 0.3 is 0 Å². The second-order valence-electron chi connectivity index (χ2n) is 5.62. The van der Waals surface area contributed by atoms with Crippen LogP contribution in [0.4, 0.5) is 0 Å². The van der Waals surface area contributed by atoms with Gasteiger partial charge in [0.05, 0.1) is 16.5 Å². The second kappa shape index (κ2) is 6.02. The van der Waals surface area contributed by atoms with E-state index in [4.69, 9.17) is 16.0 Å². The molecule has 1 amide bonds. The van der Waals surface area contributed by atoms with Gasteiger partial charge in [0.25, 0.3) is 5.91 Å². The largest absolute Gasteiger partial charge is 0.451 e. The summed E-state index contributed by atoms with van der Waals surface area (Å²) >= 11 is 6.12. The highest BCUT2D eigenvalue weighted by molar-refractivity contribution is 7.91. The van der Waals surface area contributed by atoms with Crippen molar-refractivity contribution in [3.63, 3.8) is 0 Å². The quantitative estimate of drug-likeness (QED) is 0.850. The lowest BCUT2D eigenvalue weighted by molar-refractivity contribution is 0.0716. The Morgan fingerprint density at radius 1 is 1.26 bits per heavy atom. The molecule has 3 rings (SSSR count). The Morgan fingerprint density at radius 3 is 2.65 bits per heavy atom. The minimum atomic E-state index is -3.04. The van der Waals surface area contributed by atoms with Crippen molar-refractivity contribution in [3.8, 4) is 11.3 Å². The molecular formula is C16H16ClNO4S. The number of nitrogens with zero attached hydrogens (tertiary/aromatic N) is 1. The molecule has 1 aromatic carbocycles. The zero-order valence-corrected chi connectivity index (χ0v) is 14.1. The molecule has 5 nitrogen and oxygen atoms in total. The molecule has 1 aliphatic heterocycles. The van der Waals surface area contributed by atoms with Crippen LogP contribution in [0.25, 0.3) is 11.3 Å². The number of benzene rings is 1. The maximum Gasteiger partial charge on any atom is 0.289 e. The molecule has 0 unspecified atom stereocenters. The third-order valence-electron chi connectivity index (χ3n) is 4.03. The van der Waals surface area contributed by atoms with E-state index in [1.54, 1.807) is 25.2 Å². The maximum atomic E-state index is 12.5. The van der Waals surface area contributed by atoms with Gasteiger partial charge in [-0.3, -0.25) is 4.79 Å². The Kier molecular flexibility index (Phi) is 4.21. The first-order chi connectivity index (χ1) is 10.9. The predicted octanol–water partition coefficient (Wildman–Crippen LogP) is 2.86. The monoisotopic (exact) mass is 353 g/mol. The molecule has 2 heterocycles. The third-order valence-corrected chi connectivity index (χ3v) is 6.11. The third kappa shape index (κ3) is 3.28. The molecule has 1 saturated heterocycles. The number of furan rings is 1. The van der Waals surface area contributed by atoms with Crippen LogP contribution in [0.1, 0.15) is 17.0 Å². The van der Waals surface area contributed by atoms with Crippen molar-refractivity contribution < 1.29 is 17.6 Å². The minimum absolute atomic E-state index is 0.00726. The van der Waals surface area contributed by atoms with Gasteiger partial charge in [-0.2, -0.15) is 0 Å². The summed E-state index contributed by atoms with van der Waals surface area (Å²) in [5, 5.41) is 0.538. The van der Waals surface area contributed by atoms with Gasteiger partial charge in [-0.25, -0.2) is 8.42 Å². The fourth-order valence-corrected chi connectivity index (χ4v) is 4.68. The van der Waals surface area contributed by atoms with Gasteiger partial charge in [0.2, 0.25) is 0 Å². The summed E-state index contributed by atoms with van der Waals surface area (Å²) in [6.45, 7) is 0. The average Bonchev–Trinajstić information content (AvgIpc) is 3.13. The summed E-state index contributed by atoms with van der Waals surface area (Å²) in [5.41, 5.74) is 0.708. The zero-order valence-electron chi connectivity index (χ0n) is 12.5. The van der Waals surface area contributed by atoms with E-state index < -0.39 is 9.84 Å². The zero-order chi connectivity index (χ0) is 16.6. The van der Waals surface area contributed by atoms with Crippen molar-refractivity contribution in [2.45, 2.75) is 12.5 Å². The first kappa shape index (κ1) is 16.1. The SMILES string of the molecule is CN(C(=O)c1ccc(-c2ccccc2Cl)o1)[C@H]1CCS(=O)(=O)C1. The molecule has 1 aromatic heterocycles. The van der Waals surface area contributed by atoms with Gasteiger partial charge in [0.1, 0.15) is 5.76 Å². The highest BCUT2D eigenvalue weighted by atomic mass is 35.5. The first-order valence-corrected chi connectivity index (χ1v) is 9.39. The van der Waals surface area contributed by atoms with E-state index in [-0.39, 0.29) is 29.2 Å². The van der Waals surface area contributed by atoms with E-state index in [2.05, 4.69) is 0 Å². The van der Waals surface area contributed by atoms with E-state index in [0.29, 0.717) is 22.8 Å². The smallest absolute Gasteiger partial charge is 0.289 e. The second-order valence-corrected chi connectivity index (χ2v) is 8.25. The number of rotatable bonds is 3. The molecule has 1 aliphatic rings. The van der Waals surface area contributed by atoms with Crippen LogP contribution in [0.15, 0.2) is 40.8 Å². The molecule has 122 valence electrons. The topological polar surface area (TPSA) is 67.6 Å². The van der Waals surface area contributed by atoms with Crippen LogP contribution in [-0.2, 0) is 9.84 Å². The highest BCUT2D eigenvalue weighted by Gasteiger charge is 2.33. The molecule has 7 heteroatoms. The van der Waals surface area contributed by atoms with Gasteiger partial charge in [0, 0.05) is 18.7 Å². The van der Waals surface area contributed by atoms with Crippen molar-refractivity contribution in [2.75, 3.05) is 18.6 Å². The molecule has 1 atom stereocenters. The predicted molar refractivity (Wildman–Crippen MR) is 88.3 cm³/mol. The van der Waals surface area contributed by atoms with Crippen molar-refractivity contribution in [3.05, 3.63) is 47.2 Å². The number of halogens is 1. The van der Waals surface area contributed by atoms with Crippen LogP contribution in [0.5, 0.6) is 0 Å². The average molecular weight is 354 g/mol. The Labute approximate surface area is 139 Å². The van der Waals surface area contributed by atoms with E-state index in [1.165, 1.54) is 4.90 Å². The Morgan fingerprint density at radius 2 is 2.00 bits per heavy atom. The van der Waals surface area contributed by atoms with Crippen LogP contribution < -0.4 is 0 Å². The van der Waals surface area contributed by atoms with E-state index >= 15 is 0 Å². The number of sulfone groups is 1. The summed E-state index contributed by atoms with van der Waals surface area (Å²) in [5.74, 6) is 0.481. The fourth-order valence-electron chi connectivity index (χ4n) is 2.68. The first-order valence-electron chi connectivity index (χ1n) is 7.20. The highest BCUT2D eigenvalue weighted by Crippen LogP contribution is 2.29. The minimum Gasteiger partial charge on any atom is -0.451 e. The number of carbonyl (C=O) groups is 1. The molecule has 0 aliphatic carbocycles. The summed E-state index contributed by atoms with van der Waals surface area (Å²) in [4.78, 5) is 13.9. The Balaban J connectivity index is 1.80. The van der Waals surface area contributed by atoms with Crippen LogP contribution >= 0.6 is 11.6 Å². The van der Waals surface area contributed by atoms with Crippen molar-refractivity contribution in [1.82, 2.24) is 4.90 Å². The fraction of sp³-hybridized carbons (Fsp3) is 0.312. The van der Waals surface area contributed by atoms with Crippen molar-refractivity contribution >= 4 is 27.3 Å². The Bertz CT molecular complexity index is 843. The van der Waals surface area contributed by atoms with Crippen LogP contribution in [0, 0.1) is 0 Å². The van der Waals surface area contributed by atoms with Gasteiger partial charge in [0.15, 0.2) is 15.6 Å². The normalized spacial score (nSPS) is 19.7. The molecule has 1 fully saturated rings. The van der Waals surface area contributed by atoms with Gasteiger partial charge in [-0.15, -0.1) is 0 Å². The molecule has 0 spiro atoms. The van der Waals surface area contributed by atoms with E-state index in [1.807, 2.05) is 18.2 Å². The molecule has 0 saturated carbocycles. The van der Waals surface area contributed by atoms with Crippen molar-refractivity contribution in [1.29, 1.82) is 0 Å². The molecule has 2 aromatic rings. The van der Waals surface area contributed by atoms with Crippen molar-refractivity contribution in [2.24, 2.45) is 0 Å². The molecule has 23 heavy (non-hydrogen) atoms. The molecular weight excluding hydrogens is 338 g/mol. The molecule has 0 bridgehead atoms. The van der Waals surface area contributed by atoms with Crippen LogP contribution in [0.2, 0.25) is 5.02 Å². The Hall–Kier alpha value is -1.79. The van der Waals surface area contributed by atoms with E-state index in [0.717, 1.165) is 0 Å². The van der Waals surface area contributed by atoms with Gasteiger partial charge < -0.3 is 9.32 Å². The summed E-state index contributed by atoms with van der Waals surface area (Å²) in [6.07, 6.45) is 0.461. The van der Waals surface area contributed by atoms with Gasteiger partial charge in [-0.05, 0) is 30.7 Å². The number of amides is 1. The maximum absolute atomic E-state index is 12.5. The number of hydrogen-bond donors (Lipinski definition) is 0. The summed E-state index contributed by atoms with van der Waals surface area (Å²) in [7, 11) is -1.44. The molecule has 0 N–H and O–H groups in total. The number of hydrogen-bond acceptors (Lipinski definition) is 4. The lowest BCUT2D eigenvalue weighted by Crippen LogP contribution is -2.37. The van der Waals surface area contributed by atoms with E-state index in [9.17, 15) is 13.2 Å². The lowest BCUT2D eigenvalue weighted by atomic mass is 10.2. The standard InChI is InChI=1S/C16H16ClNO4S/c1-18(11-8-9-23(20,21)10-11)16(19)15-7-6-14(22-15)12-4-2-3-5-13(12)17/h2-7,11H,8-10H2,1H3/t11-/m0/s1. The van der Waals surface area contributed by atoms with Crippen LogP contribution in [0.3, 0.4) is 0 Å². The lowest BCUT2D eigenvalue weighted by Gasteiger charge is -2.22. The summed E-state index contributed by atoms with van der Waals surface area (Å²) in [6, 6.07) is 10.2. The van der Waals surface area contributed by atoms with Crippen LogP contribution in [-0.4, -0.2) is 43.8 Å². The number of carbonyl (C=O) groups excluding carboxylic acids is 1. The van der Waals surface area contributed by atoms with Gasteiger partial charge in [-0.1, -0.05) is 23.7 Å². The summed E-state index contributed by atoms with van der Waals surface area (Å²) < 4.78 is 28.7. The molecule has 0 radical (unpaired) electrons.